The summed E-state index contributed by atoms with van der Waals surface area (Å²) < 4.78 is 0.730. The van der Waals surface area contributed by atoms with Crippen LogP contribution in [0.25, 0.3) is 0 Å². The van der Waals surface area contributed by atoms with Gasteiger partial charge in [0.15, 0.2) is 0 Å². The SMILES string of the molecule is CC(C)Cc1nc(C2(c3ccccc3)CC2)[nH]c(=O)c1I. The van der Waals surface area contributed by atoms with Gasteiger partial charge < -0.3 is 4.98 Å². The van der Waals surface area contributed by atoms with Gasteiger partial charge in [-0.05, 0) is 53.3 Å². The molecule has 3 rings (SSSR count). The molecule has 0 radical (unpaired) electrons. The zero-order chi connectivity index (χ0) is 15.0. The summed E-state index contributed by atoms with van der Waals surface area (Å²) in [4.78, 5) is 20.1. The smallest absolute Gasteiger partial charge is 0.264 e. The van der Waals surface area contributed by atoms with Crippen LogP contribution in [0, 0.1) is 9.49 Å². The molecule has 0 saturated heterocycles. The molecule has 1 aliphatic rings. The van der Waals surface area contributed by atoms with E-state index < -0.39 is 0 Å². The number of halogens is 1. The highest BCUT2D eigenvalue weighted by Gasteiger charge is 2.48. The van der Waals surface area contributed by atoms with Crippen LogP contribution >= 0.6 is 22.6 Å². The van der Waals surface area contributed by atoms with Crippen LogP contribution in [0.5, 0.6) is 0 Å². The predicted octanol–water partition coefficient (Wildman–Crippen LogP) is 3.65. The fourth-order valence-corrected chi connectivity index (χ4v) is 3.27. The van der Waals surface area contributed by atoms with Gasteiger partial charge in [-0.3, -0.25) is 4.79 Å². The lowest BCUT2D eigenvalue weighted by molar-refractivity contribution is 0.618. The Bertz CT molecular complexity index is 702. The first-order valence-electron chi connectivity index (χ1n) is 7.37. The number of hydrogen-bond acceptors (Lipinski definition) is 2. The highest BCUT2D eigenvalue weighted by Crippen LogP contribution is 2.51. The summed E-state index contributed by atoms with van der Waals surface area (Å²) in [5, 5.41) is 0. The molecule has 0 amide bonds. The Morgan fingerprint density at radius 2 is 1.95 bits per heavy atom. The molecule has 2 aromatic rings. The van der Waals surface area contributed by atoms with Crippen LogP contribution in [0.2, 0.25) is 0 Å². The zero-order valence-electron chi connectivity index (χ0n) is 12.3. The number of aromatic amines is 1. The van der Waals surface area contributed by atoms with E-state index in [1.54, 1.807) is 0 Å². The minimum absolute atomic E-state index is 0.00143. The van der Waals surface area contributed by atoms with Crippen LogP contribution in [0.1, 0.15) is 43.8 Å². The Morgan fingerprint density at radius 3 is 2.52 bits per heavy atom. The molecule has 1 heterocycles. The molecule has 110 valence electrons. The van der Waals surface area contributed by atoms with Gasteiger partial charge in [0.25, 0.3) is 5.56 Å². The highest BCUT2D eigenvalue weighted by atomic mass is 127. The minimum atomic E-state index is -0.0729. The maximum absolute atomic E-state index is 12.2. The van der Waals surface area contributed by atoms with Gasteiger partial charge in [0.05, 0.1) is 14.7 Å². The summed E-state index contributed by atoms with van der Waals surface area (Å²) in [5.74, 6) is 1.34. The summed E-state index contributed by atoms with van der Waals surface area (Å²) in [5.41, 5.74) is 2.12. The van der Waals surface area contributed by atoms with Gasteiger partial charge in [-0.15, -0.1) is 0 Å². The molecule has 3 nitrogen and oxygen atoms in total. The number of nitrogens with one attached hydrogen (secondary N) is 1. The molecule has 4 heteroatoms. The Balaban J connectivity index is 2.07. The Kier molecular flexibility index (Phi) is 3.90. The van der Waals surface area contributed by atoms with Crippen LogP contribution in [-0.4, -0.2) is 9.97 Å². The topological polar surface area (TPSA) is 45.8 Å². The van der Waals surface area contributed by atoms with Crippen molar-refractivity contribution < 1.29 is 0 Å². The first-order valence-corrected chi connectivity index (χ1v) is 8.45. The monoisotopic (exact) mass is 394 g/mol. The lowest BCUT2D eigenvalue weighted by Gasteiger charge is -2.17. The molecular formula is C17H19IN2O. The van der Waals surface area contributed by atoms with Gasteiger partial charge in [-0.2, -0.15) is 0 Å². The third-order valence-electron chi connectivity index (χ3n) is 4.06. The Hall–Kier alpha value is -1.17. The molecule has 1 fully saturated rings. The van der Waals surface area contributed by atoms with Crippen molar-refractivity contribution in [3.05, 3.63) is 61.3 Å². The first-order chi connectivity index (χ1) is 10.0. The van der Waals surface area contributed by atoms with Crippen LogP contribution in [-0.2, 0) is 11.8 Å². The van der Waals surface area contributed by atoms with Crippen molar-refractivity contribution in [2.75, 3.05) is 0 Å². The number of nitrogens with zero attached hydrogens (tertiary/aromatic N) is 1. The van der Waals surface area contributed by atoms with Crippen molar-refractivity contribution in [1.29, 1.82) is 0 Å². The second kappa shape index (κ2) is 5.55. The van der Waals surface area contributed by atoms with Gasteiger partial charge in [0, 0.05) is 0 Å². The Morgan fingerprint density at radius 1 is 1.29 bits per heavy atom. The minimum Gasteiger partial charge on any atom is -0.309 e. The van der Waals surface area contributed by atoms with Gasteiger partial charge in [-0.25, -0.2) is 4.98 Å². The van der Waals surface area contributed by atoms with Crippen molar-refractivity contribution in [2.45, 2.75) is 38.5 Å². The lowest BCUT2D eigenvalue weighted by Crippen LogP contribution is -2.24. The maximum Gasteiger partial charge on any atom is 0.264 e. The van der Waals surface area contributed by atoms with Crippen molar-refractivity contribution >= 4 is 22.6 Å². The normalized spacial score (nSPS) is 16.2. The third-order valence-corrected chi connectivity index (χ3v) is 5.18. The summed E-state index contributed by atoms with van der Waals surface area (Å²) in [7, 11) is 0. The van der Waals surface area contributed by atoms with E-state index in [1.165, 1.54) is 5.56 Å². The molecule has 1 aromatic heterocycles. The lowest BCUT2D eigenvalue weighted by atomic mass is 9.95. The molecule has 1 aromatic carbocycles. The summed E-state index contributed by atoms with van der Waals surface area (Å²) in [6.07, 6.45) is 2.96. The van der Waals surface area contributed by atoms with Gasteiger partial charge >= 0.3 is 0 Å². The number of H-pyrrole nitrogens is 1. The summed E-state index contributed by atoms with van der Waals surface area (Å²) in [6, 6.07) is 10.4. The van der Waals surface area contributed by atoms with E-state index in [0.717, 1.165) is 34.4 Å². The average molecular weight is 394 g/mol. The fraction of sp³-hybridized carbons (Fsp3) is 0.412. The molecule has 0 spiro atoms. The van der Waals surface area contributed by atoms with Gasteiger partial charge in [-0.1, -0.05) is 44.2 Å². The third kappa shape index (κ3) is 2.78. The molecular weight excluding hydrogens is 375 g/mol. The van der Waals surface area contributed by atoms with E-state index in [-0.39, 0.29) is 11.0 Å². The van der Waals surface area contributed by atoms with E-state index in [4.69, 9.17) is 4.98 Å². The molecule has 0 atom stereocenters. The number of benzene rings is 1. The first kappa shape index (κ1) is 14.8. The van der Waals surface area contributed by atoms with Crippen molar-refractivity contribution in [3.63, 3.8) is 0 Å². The van der Waals surface area contributed by atoms with E-state index in [2.05, 4.69) is 65.7 Å². The zero-order valence-corrected chi connectivity index (χ0v) is 14.5. The molecule has 1 saturated carbocycles. The van der Waals surface area contributed by atoms with Crippen LogP contribution < -0.4 is 5.56 Å². The van der Waals surface area contributed by atoms with E-state index in [0.29, 0.717) is 5.92 Å². The Labute approximate surface area is 138 Å². The number of rotatable bonds is 4. The summed E-state index contributed by atoms with van der Waals surface area (Å²) >= 11 is 2.11. The van der Waals surface area contributed by atoms with Crippen LogP contribution in [0.3, 0.4) is 0 Å². The van der Waals surface area contributed by atoms with E-state index in [9.17, 15) is 4.79 Å². The molecule has 0 aliphatic heterocycles. The van der Waals surface area contributed by atoms with Crippen LogP contribution in [0.15, 0.2) is 35.1 Å². The predicted molar refractivity (Wildman–Crippen MR) is 92.6 cm³/mol. The van der Waals surface area contributed by atoms with Crippen LogP contribution in [0.4, 0.5) is 0 Å². The largest absolute Gasteiger partial charge is 0.309 e. The van der Waals surface area contributed by atoms with E-state index >= 15 is 0 Å². The molecule has 1 aliphatic carbocycles. The number of hydrogen-bond donors (Lipinski definition) is 1. The average Bonchev–Trinajstić information content (AvgIpc) is 3.26. The summed E-state index contributed by atoms with van der Waals surface area (Å²) in [6.45, 7) is 4.31. The fourth-order valence-electron chi connectivity index (χ4n) is 2.80. The molecule has 0 bridgehead atoms. The molecule has 0 unspecified atom stereocenters. The number of aromatic nitrogens is 2. The maximum atomic E-state index is 12.2. The molecule has 21 heavy (non-hydrogen) atoms. The van der Waals surface area contributed by atoms with Crippen molar-refractivity contribution in [2.24, 2.45) is 5.92 Å². The van der Waals surface area contributed by atoms with Crippen molar-refractivity contribution in [3.8, 4) is 0 Å². The van der Waals surface area contributed by atoms with Gasteiger partial charge in [0.1, 0.15) is 5.82 Å². The highest BCUT2D eigenvalue weighted by molar-refractivity contribution is 14.1. The molecule has 1 N–H and O–H groups in total. The van der Waals surface area contributed by atoms with E-state index in [1.807, 2.05) is 6.07 Å². The van der Waals surface area contributed by atoms with Crippen molar-refractivity contribution in [1.82, 2.24) is 9.97 Å². The second-order valence-corrected chi connectivity index (χ2v) is 7.30. The quantitative estimate of drug-likeness (QED) is 0.805. The second-order valence-electron chi connectivity index (χ2n) is 6.22. The standard InChI is InChI=1S/C17H19IN2O/c1-11(2)10-13-14(18)15(21)20-16(19-13)17(8-9-17)12-6-4-3-5-7-12/h3-7,11H,8-10H2,1-2H3,(H,19,20,21). The van der Waals surface area contributed by atoms with Gasteiger partial charge in [0.2, 0.25) is 0 Å².